The zero-order chi connectivity index (χ0) is 29.5. The van der Waals surface area contributed by atoms with Crippen molar-refractivity contribution in [2.24, 2.45) is 23.2 Å². The predicted octanol–water partition coefficient (Wildman–Crippen LogP) is 9.74. The number of rotatable bonds is 10. The first-order valence-electron chi connectivity index (χ1n) is 15.5. The van der Waals surface area contributed by atoms with E-state index in [0.29, 0.717) is 17.8 Å². The SMILES string of the molecule is CC(=O)O[C@H]1CCC[C@@]2(C)C1CC[C@@H]2[C@H](C)CCC(O[Si](C)(C)C(C)(C)C)C(C)(C)O[Si](C)(C)C(C)(C)C. The van der Waals surface area contributed by atoms with Gasteiger partial charge in [0.05, 0.1) is 11.7 Å². The van der Waals surface area contributed by atoms with Crippen LogP contribution in [-0.4, -0.2) is 40.4 Å². The van der Waals surface area contributed by atoms with Crippen LogP contribution in [0.3, 0.4) is 0 Å². The summed E-state index contributed by atoms with van der Waals surface area (Å²) in [6.45, 7) is 34.6. The van der Waals surface area contributed by atoms with Crippen molar-refractivity contribution in [1.29, 1.82) is 0 Å². The van der Waals surface area contributed by atoms with E-state index in [4.69, 9.17) is 13.6 Å². The van der Waals surface area contributed by atoms with Gasteiger partial charge < -0.3 is 13.6 Å². The van der Waals surface area contributed by atoms with E-state index in [2.05, 4.69) is 95.4 Å². The van der Waals surface area contributed by atoms with Gasteiger partial charge in [0.1, 0.15) is 6.10 Å². The highest BCUT2D eigenvalue weighted by Crippen LogP contribution is 2.59. The first-order valence-corrected chi connectivity index (χ1v) is 21.3. The van der Waals surface area contributed by atoms with Crippen molar-refractivity contribution in [1.82, 2.24) is 0 Å². The van der Waals surface area contributed by atoms with Crippen molar-refractivity contribution in [3.8, 4) is 0 Å². The van der Waals surface area contributed by atoms with Gasteiger partial charge in [0.25, 0.3) is 0 Å². The lowest BCUT2D eigenvalue weighted by atomic mass is 9.61. The topological polar surface area (TPSA) is 44.8 Å². The first kappa shape index (κ1) is 34.0. The number of fused-ring (bicyclic) bond motifs is 1. The van der Waals surface area contributed by atoms with Gasteiger partial charge in [0, 0.05) is 12.8 Å². The van der Waals surface area contributed by atoms with Crippen LogP contribution in [0.2, 0.25) is 36.3 Å². The highest BCUT2D eigenvalue weighted by atomic mass is 28.4. The highest BCUT2D eigenvalue weighted by molar-refractivity contribution is 6.74. The van der Waals surface area contributed by atoms with Gasteiger partial charge in [0.15, 0.2) is 16.6 Å². The van der Waals surface area contributed by atoms with Gasteiger partial charge >= 0.3 is 5.97 Å². The molecule has 2 saturated carbocycles. The van der Waals surface area contributed by atoms with Crippen LogP contribution in [0.25, 0.3) is 0 Å². The van der Waals surface area contributed by atoms with E-state index < -0.39 is 16.6 Å². The van der Waals surface area contributed by atoms with Crippen LogP contribution < -0.4 is 0 Å². The Morgan fingerprint density at radius 2 is 1.45 bits per heavy atom. The molecule has 6 atom stereocenters. The molecule has 2 aliphatic carbocycles. The lowest BCUT2D eigenvalue weighted by Gasteiger charge is -2.49. The van der Waals surface area contributed by atoms with Crippen molar-refractivity contribution in [3.63, 3.8) is 0 Å². The number of ether oxygens (including phenoxy) is 1. The molecule has 6 heteroatoms. The predicted molar refractivity (Wildman–Crippen MR) is 167 cm³/mol. The minimum Gasteiger partial charge on any atom is -0.462 e. The second-order valence-corrected chi connectivity index (χ2v) is 26.2. The molecule has 0 aliphatic heterocycles. The highest BCUT2D eigenvalue weighted by Gasteiger charge is 2.54. The Morgan fingerprint density at radius 3 is 1.95 bits per heavy atom. The molecule has 0 aromatic heterocycles. The molecule has 0 bridgehead atoms. The molecule has 224 valence electrons. The third-order valence-electron chi connectivity index (χ3n) is 11.4. The normalized spacial score (nSPS) is 29.1. The van der Waals surface area contributed by atoms with Crippen molar-refractivity contribution < 1.29 is 18.4 Å². The number of hydrogen-bond donors (Lipinski definition) is 0. The summed E-state index contributed by atoms with van der Waals surface area (Å²) >= 11 is 0. The molecular weight excluding hydrogens is 505 g/mol. The number of carbonyl (C=O) groups is 1. The molecule has 0 spiro atoms. The molecule has 0 N–H and O–H groups in total. The molecule has 4 nitrogen and oxygen atoms in total. The molecule has 2 rings (SSSR count). The zero-order valence-electron chi connectivity index (χ0n) is 28.0. The van der Waals surface area contributed by atoms with Crippen molar-refractivity contribution in [2.45, 2.75) is 175 Å². The van der Waals surface area contributed by atoms with Crippen molar-refractivity contribution in [2.75, 3.05) is 0 Å². The van der Waals surface area contributed by atoms with Gasteiger partial charge in [0.2, 0.25) is 0 Å². The molecule has 0 aromatic carbocycles. The number of hydrogen-bond acceptors (Lipinski definition) is 4. The van der Waals surface area contributed by atoms with Gasteiger partial charge in [-0.3, -0.25) is 4.79 Å². The van der Waals surface area contributed by atoms with Crippen LogP contribution in [-0.2, 0) is 18.4 Å². The molecule has 0 radical (unpaired) electrons. The standard InChI is InChI=1S/C32H64O4Si2/c1-23(25-19-20-26-27(34-24(2)33)17-16-22-32(25,26)11)18-21-28(35-37(12,13)29(3,4)5)31(9,10)36-38(14,15)30(6,7)8/h23,25-28H,16-22H2,1-15H3/t23-,25-,26?,27+,28?,32-/m1/s1. The summed E-state index contributed by atoms with van der Waals surface area (Å²) in [5.41, 5.74) is -0.0770. The third kappa shape index (κ3) is 7.56. The number of esters is 1. The summed E-state index contributed by atoms with van der Waals surface area (Å²) in [5, 5.41) is 0.315. The Morgan fingerprint density at radius 1 is 0.895 bits per heavy atom. The van der Waals surface area contributed by atoms with E-state index in [-0.39, 0.29) is 39.3 Å². The average molecular weight is 569 g/mol. The third-order valence-corrected chi connectivity index (χ3v) is 20.5. The van der Waals surface area contributed by atoms with E-state index >= 15 is 0 Å². The summed E-state index contributed by atoms with van der Waals surface area (Å²) in [4.78, 5) is 11.8. The van der Waals surface area contributed by atoms with Crippen LogP contribution in [0.4, 0.5) is 0 Å². The fourth-order valence-corrected chi connectivity index (χ4v) is 10.2. The summed E-state index contributed by atoms with van der Waals surface area (Å²) < 4.78 is 20.2. The lowest BCUT2D eigenvalue weighted by Crippen LogP contribution is -2.56. The Bertz CT molecular complexity index is 807. The average Bonchev–Trinajstić information content (AvgIpc) is 3.06. The molecule has 2 fully saturated rings. The molecule has 0 heterocycles. The Kier molecular flexibility index (Phi) is 10.4. The van der Waals surface area contributed by atoms with E-state index in [1.165, 1.54) is 25.7 Å². The number of carbonyl (C=O) groups excluding carboxylic acids is 1. The fraction of sp³-hybridized carbons (Fsp3) is 0.969. The van der Waals surface area contributed by atoms with Crippen LogP contribution in [0.15, 0.2) is 0 Å². The summed E-state index contributed by atoms with van der Waals surface area (Å²) in [6.07, 6.45) is 8.25. The van der Waals surface area contributed by atoms with Gasteiger partial charge in [-0.15, -0.1) is 0 Å². The fourth-order valence-electron chi connectivity index (χ4n) is 7.02. The maximum atomic E-state index is 11.8. The van der Waals surface area contributed by atoms with Crippen molar-refractivity contribution >= 4 is 22.6 Å². The summed E-state index contributed by atoms with van der Waals surface area (Å²) in [6, 6.07) is 0. The second-order valence-electron chi connectivity index (χ2n) is 16.7. The van der Waals surface area contributed by atoms with Crippen LogP contribution in [0.5, 0.6) is 0 Å². The second kappa shape index (κ2) is 11.6. The maximum Gasteiger partial charge on any atom is 0.302 e. The molecule has 2 unspecified atom stereocenters. The maximum absolute atomic E-state index is 11.8. The molecular formula is C32H64O4Si2. The van der Waals surface area contributed by atoms with Gasteiger partial charge in [-0.25, -0.2) is 0 Å². The molecule has 0 saturated heterocycles. The van der Waals surface area contributed by atoms with Crippen LogP contribution in [0, 0.1) is 23.2 Å². The lowest BCUT2D eigenvalue weighted by molar-refractivity contribution is -0.155. The molecule has 2 aliphatic rings. The monoisotopic (exact) mass is 568 g/mol. The van der Waals surface area contributed by atoms with E-state index in [1.54, 1.807) is 6.92 Å². The molecule has 38 heavy (non-hydrogen) atoms. The van der Waals surface area contributed by atoms with Gasteiger partial charge in [-0.05, 0) is 112 Å². The minimum atomic E-state index is -1.98. The Hall–Kier alpha value is -0.176. The van der Waals surface area contributed by atoms with Gasteiger partial charge in [-0.1, -0.05) is 55.4 Å². The summed E-state index contributed by atoms with van der Waals surface area (Å²) in [7, 11) is -3.95. The van der Waals surface area contributed by atoms with Crippen LogP contribution >= 0.6 is 0 Å². The Labute approximate surface area is 239 Å². The van der Waals surface area contributed by atoms with E-state index in [0.717, 1.165) is 19.3 Å². The molecule has 0 aromatic rings. The minimum absolute atomic E-state index is 0.0742. The summed E-state index contributed by atoms with van der Waals surface area (Å²) in [5.74, 6) is 1.66. The molecule has 0 amide bonds. The van der Waals surface area contributed by atoms with Gasteiger partial charge in [-0.2, -0.15) is 0 Å². The first-order chi connectivity index (χ1) is 16.9. The Balaban J connectivity index is 2.25. The quantitative estimate of drug-likeness (QED) is 0.194. The smallest absolute Gasteiger partial charge is 0.302 e. The van der Waals surface area contributed by atoms with Crippen LogP contribution in [0.1, 0.15) is 121 Å². The van der Waals surface area contributed by atoms with E-state index in [1.807, 2.05) is 0 Å². The van der Waals surface area contributed by atoms with E-state index in [9.17, 15) is 4.79 Å². The van der Waals surface area contributed by atoms with Crippen molar-refractivity contribution in [3.05, 3.63) is 0 Å². The largest absolute Gasteiger partial charge is 0.462 e. The zero-order valence-corrected chi connectivity index (χ0v) is 30.0.